The SMILES string of the molecule is CC(C)(C)c1ccc(C(N)=O)s1.CCCC1CCC(N2CCN(c3cnc(-c4ccc(CCC(=O)N5CC(C(=O)O)C5)cc4)nc3)CC2)CC1. The number of hydrogen-bond donors (Lipinski definition) is 2. The van der Waals surface area contributed by atoms with Crippen molar-refractivity contribution in [2.45, 2.75) is 90.5 Å². The average molecular weight is 703 g/mol. The third-order valence-corrected chi connectivity index (χ3v) is 11.9. The van der Waals surface area contributed by atoms with Crippen LogP contribution in [0.4, 0.5) is 5.69 Å². The lowest BCUT2D eigenvalue weighted by molar-refractivity contribution is -0.152. The van der Waals surface area contributed by atoms with Crippen molar-refractivity contribution < 1.29 is 19.5 Å². The van der Waals surface area contributed by atoms with Crippen LogP contribution in [0.5, 0.6) is 0 Å². The minimum atomic E-state index is -0.822. The van der Waals surface area contributed by atoms with Crippen LogP contribution in [0.3, 0.4) is 0 Å². The van der Waals surface area contributed by atoms with Crippen LogP contribution in [-0.4, -0.2) is 88.0 Å². The van der Waals surface area contributed by atoms with Gasteiger partial charge in [-0.1, -0.05) is 64.8 Å². The molecule has 3 fully saturated rings. The van der Waals surface area contributed by atoms with Gasteiger partial charge >= 0.3 is 5.97 Å². The number of hydrogen-bond acceptors (Lipinski definition) is 8. The normalized spacial score (nSPS) is 20.1. The molecule has 6 rings (SSSR count). The second-order valence-corrected chi connectivity index (χ2v) is 16.1. The van der Waals surface area contributed by atoms with Crippen LogP contribution >= 0.6 is 11.3 Å². The Morgan fingerprint density at radius 1 is 0.920 bits per heavy atom. The molecule has 0 spiro atoms. The molecule has 270 valence electrons. The number of likely N-dealkylation sites (tertiary alicyclic amines) is 1. The number of carbonyl (C=O) groups excluding carboxylic acids is 2. The molecular weight excluding hydrogens is 649 g/mol. The molecule has 0 unspecified atom stereocenters. The summed E-state index contributed by atoms with van der Waals surface area (Å²) >= 11 is 1.47. The summed E-state index contributed by atoms with van der Waals surface area (Å²) in [5, 5.41) is 8.96. The van der Waals surface area contributed by atoms with Crippen LogP contribution in [0.25, 0.3) is 11.4 Å². The van der Waals surface area contributed by atoms with Crippen molar-refractivity contribution in [3.63, 3.8) is 0 Å². The number of carbonyl (C=O) groups is 3. The van der Waals surface area contributed by atoms with E-state index in [1.165, 1.54) is 54.7 Å². The molecule has 2 amide bonds. The zero-order chi connectivity index (χ0) is 35.8. The molecule has 0 radical (unpaired) electrons. The summed E-state index contributed by atoms with van der Waals surface area (Å²) < 4.78 is 0. The third-order valence-electron chi connectivity index (χ3n) is 10.4. The molecular formula is C39H54N6O4S. The van der Waals surface area contributed by atoms with E-state index in [9.17, 15) is 14.4 Å². The van der Waals surface area contributed by atoms with Gasteiger partial charge in [-0.05, 0) is 61.1 Å². The van der Waals surface area contributed by atoms with Crippen LogP contribution in [0.15, 0.2) is 48.8 Å². The Labute approximate surface area is 301 Å². The minimum Gasteiger partial charge on any atom is -0.481 e. The Bertz CT molecular complexity index is 1560. The van der Waals surface area contributed by atoms with Gasteiger partial charge in [0.25, 0.3) is 5.91 Å². The number of aromatic nitrogens is 2. The van der Waals surface area contributed by atoms with Gasteiger partial charge in [-0.2, -0.15) is 0 Å². The molecule has 50 heavy (non-hydrogen) atoms. The van der Waals surface area contributed by atoms with Gasteiger partial charge in [0.05, 0.1) is 28.9 Å². The predicted octanol–water partition coefficient (Wildman–Crippen LogP) is 6.24. The van der Waals surface area contributed by atoms with E-state index in [4.69, 9.17) is 10.8 Å². The number of aliphatic carboxylic acids is 1. The predicted molar refractivity (Wildman–Crippen MR) is 199 cm³/mol. The molecule has 0 atom stereocenters. The first-order valence-corrected chi connectivity index (χ1v) is 19.0. The number of nitrogens with zero attached hydrogens (tertiary/aromatic N) is 5. The maximum absolute atomic E-state index is 12.3. The molecule has 4 heterocycles. The number of anilines is 1. The van der Waals surface area contributed by atoms with Gasteiger partial charge in [0, 0.05) is 62.2 Å². The standard InChI is InChI=1S/C30H41N5O3.C9H13NOS/c1-2-3-22-6-11-26(12-7-22)33-14-16-34(17-15-33)27-18-31-29(32-19-27)24-9-4-23(5-10-24)8-13-28(36)35-20-25(21-35)30(37)38;1-9(2,3)7-5-4-6(12-7)8(10)11/h4-5,9-10,18-19,22,25-26H,2-3,6-8,11-17,20-21H2,1H3,(H,37,38);4-5H,1-3H3,(H2,10,11). The van der Waals surface area contributed by atoms with Gasteiger partial charge in [-0.15, -0.1) is 11.3 Å². The summed E-state index contributed by atoms with van der Waals surface area (Å²) in [7, 11) is 0. The number of primary amides is 1. The first-order chi connectivity index (χ1) is 23.9. The highest BCUT2D eigenvalue weighted by Gasteiger charge is 2.35. The number of aryl methyl sites for hydroxylation is 1. The average Bonchev–Trinajstić information content (AvgIpc) is 3.60. The summed E-state index contributed by atoms with van der Waals surface area (Å²) in [5.74, 6) is 0.117. The van der Waals surface area contributed by atoms with E-state index >= 15 is 0 Å². The third kappa shape index (κ3) is 9.90. The number of benzene rings is 1. The lowest BCUT2D eigenvalue weighted by atomic mass is 9.83. The monoisotopic (exact) mass is 702 g/mol. The second kappa shape index (κ2) is 16.9. The number of piperazine rings is 1. The molecule has 3 aliphatic rings. The molecule has 1 aliphatic carbocycles. The molecule has 2 aromatic heterocycles. The molecule has 1 saturated carbocycles. The number of nitrogens with two attached hydrogens (primary N) is 1. The topological polar surface area (TPSA) is 133 Å². The molecule has 3 aromatic rings. The quantitative estimate of drug-likeness (QED) is 0.254. The minimum absolute atomic E-state index is 0.0192. The molecule has 11 heteroatoms. The van der Waals surface area contributed by atoms with Crippen molar-refractivity contribution in [2.75, 3.05) is 44.2 Å². The van der Waals surface area contributed by atoms with Gasteiger partial charge in [-0.3, -0.25) is 19.3 Å². The molecule has 0 bridgehead atoms. The van der Waals surface area contributed by atoms with E-state index in [2.05, 4.69) is 47.5 Å². The Morgan fingerprint density at radius 3 is 2.08 bits per heavy atom. The number of thiophene rings is 1. The fourth-order valence-corrected chi connectivity index (χ4v) is 8.04. The van der Waals surface area contributed by atoms with Crippen LogP contribution in [0.2, 0.25) is 0 Å². The van der Waals surface area contributed by atoms with Gasteiger partial charge in [-0.25, -0.2) is 9.97 Å². The molecule has 3 N–H and O–H groups in total. The lowest BCUT2D eigenvalue weighted by Crippen LogP contribution is -2.53. The van der Waals surface area contributed by atoms with E-state index in [0.717, 1.165) is 55.0 Å². The van der Waals surface area contributed by atoms with Crippen LogP contribution in [-0.2, 0) is 21.4 Å². The number of carboxylic acid groups (broad SMARTS) is 1. The second-order valence-electron chi connectivity index (χ2n) is 15.1. The first kappa shape index (κ1) is 37.4. The fraction of sp³-hybridized carbons (Fsp3) is 0.564. The van der Waals surface area contributed by atoms with Gasteiger partial charge in [0.2, 0.25) is 5.91 Å². The summed E-state index contributed by atoms with van der Waals surface area (Å²) in [6, 6.07) is 12.6. The molecule has 2 saturated heterocycles. The number of rotatable bonds is 10. The van der Waals surface area contributed by atoms with E-state index < -0.39 is 11.9 Å². The van der Waals surface area contributed by atoms with E-state index in [1.54, 1.807) is 11.0 Å². The van der Waals surface area contributed by atoms with Crippen molar-refractivity contribution >= 4 is 34.8 Å². The van der Waals surface area contributed by atoms with E-state index in [-0.39, 0.29) is 17.2 Å². The van der Waals surface area contributed by atoms with Crippen LogP contribution in [0.1, 0.15) is 92.8 Å². The Balaban J connectivity index is 0.000000343. The van der Waals surface area contributed by atoms with Crippen LogP contribution in [0, 0.1) is 11.8 Å². The van der Waals surface area contributed by atoms with Crippen molar-refractivity contribution in [1.82, 2.24) is 19.8 Å². The van der Waals surface area contributed by atoms with E-state index in [1.807, 2.05) is 42.7 Å². The number of amides is 2. The largest absolute Gasteiger partial charge is 0.481 e. The lowest BCUT2D eigenvalue weighted by Gasteiger charge is -2.42. The smallest absolute Gasteiger partial charge is 0.310 e. The van der Waals surface area contributed by atoms with Crippen molar-refractivity contribution in [3.05, 3.63) is 64.1 Å². The number of carboxylic acids is 1. The van der Waals surface area contributed by atoms with Gasteiger partial charge < -0.3 is 20.6 Å². The van der Waals surface area contributed by atoms with Crippen molar-refractivity contribution in [3.8, 4) is 11.4 Å². The highest BCUT2D eigenvalue weighted by Crippen LogP contribution is 2.32. The highest BCUT2D eigenvalue weighted by atomic mass is 32.1. The maximum atomic E-state index is 12.3. The van der Waals surface area contributed by atoms with E-state index in [0.29, 0.717) is 36.6 Å². The van der Waals surface area contributed by atoms with Crippen molar-refractivity contribution in [2.24, 2.45) is 17.6 Å². The summed E-state index contributed by atoms with van der Waals surface area (Å²) in [6.45, 7) is 13.6. The molecule has 1 aromatic carbocycles. The van der Waals surface area contributed by atoms with Crippen LogP contribution < -0.4 is 10.6 Å². The molecule has 2 aliphatic heterocycles. The summed E-state index contributed by atoms with van der Waals surface area (Å²) in [4.78, 5) is 51.8. The van der Waals surface area contributed by atoms with Gasteiger partial charge in [0.15, 0.2) is 5.82 Å². The van der Waals surface area contributed by atoms with Crippen molar-refractivity contribution in [1.29, 1.82) is 0 Å². The fourth-order valence-electron chi connectivity index (χ4n) is 7.13. The Hall–Kier alpha value is -3.83. The zero-order valence-corrected chi connectivity index (χ0v) is 31.0. The molecule has 10 nitrogen and oxygen atoms in total. The Morgan fingerprint density at radius 2 is 1.56 bits per heavy atom. The van der Waals surface area contributed by atoms with Gasteiger partial charge in [0.1, 0.15) is 0 Å². The first-order valence-electron chi connectivity index (χ1n) is 18.2. The highest BCUT2D eigenvalue weighted by molar-refractivity contribution is 7.14. The zero-order valence-electron chi connectivity index (χ0n) is 30.1. The summed E-state index contributed by atoms with van der Waals surface area (Å²) in [6.07, 6.45) is 13.2. The Kier molecular flexibility index (Phi) is 12.7. The summed E-state index contributed by atoms with van der Waals surface area (Å²) in [5.41, 5.74) is 8.38. The maximum Gasteiger partial charge on any atom is 0.310 e.